The fourth-order valence-corrected chi connectivity index (χ4v) is 15.9. The maximum absolute atomic E-state index is 14.9. The summed E-state index contributed by atoms with van der Waals surface area (Å²) in [7, 11) is 0. The first-order valence-corrected chi connectivity index (χ1v) is 44.1. The number of primary amides is 2. The molecule has 0 spiro atoms. The molecular formula is C85H126N22O24. The van der Waals surface area contributed by atoms with Crippen molar-refractivity contribution in [3.05, 3.63) is 71.9 Å². The molecule has 19 amide bonds. The Kier molecular flexibility index (Phi) is 41.4. The summed E-state index contributed by atoms with van der Waals surface area (Å²) in [5.74, 6) is -19.3. The summed E-state index contributed by atoms with van der Waals surface area (Å²) in [4.78, 5) is 281. The summed E-state index contributed by atoms with van der Waals surface area (Å²) < 4.78 is 0. The number of aromatic amines is 1. The van der Waals surface area contributed by atoms with Crippen LogP contribution in [0, 0.1) is 11.8 Å². The van der Waals surface area contributed by atoms with E-state index in [1.54, 1.807) is 88.5 Å². The van der Waals surface area contributed by atoms with Crippen molar-refractivity contribution in [2.75, 3.05) is 72.2 Å². The van der Waals surface area contributed by atoms with Crippen molar-refractivity contribution < 1.29 is 116 Å². The topological polar surface area (TPSA) is 712 Å². The van der Waals surface area contributed by atoms with Gasteiger partial charge in [0.15, 0.2) is 0 Å². The second-order valence-electron chi connectivity index (χ2n) is 33.5. The van der Waals surface area contributed by atoms with E-state index < -0.39 is 273 Å². The number of H-pyrrole nitrogens is 1. The van der Waals surface area contributed by atoms with Crippen LogP contribution in [0.4, 0.5) is 0 Å². The van der Waals surface area contributed by atoms with Crippen molar-refractivity contribution in [2.45, 2.75) is 241 Å². The highest BCUT2D eigenvalue weighted by molar-refractivity contribution is 6.02. The quantitative estimate of drug-likeness (QED) is 0.0233. The van der Waals surface area contributed by atoms with E-state index in [2.05, 4.69) is 74.1 Å². The molecule has 46 nitrogen and oxygen atoms in total. The lowest BCUT2D eigenvalue weighted by atomic mass is 9.96. The molecular weight excluding hydrogens is 1710 g/mol. The molecule has 0 saturated carbocycles. The Morgan fingerprint density at radius 3 is 1.54 bits per heavy atom. The number of nitrogens with one attached hydrogen (secondary N) is 14. The van der Waals surface area contributed by atoms with Gasteiger partial charge in [-0.25, -0.2) is 0 Å². The number of carboxylic acid groups (broad SMARTS) is 1. The number of aliphatic hydroxyl groups is 3. The average molecular weight is 1840 g/mol. The number of fused-ring (bicyclic) bond motifs is 1. The van der Waals surface area contributed by atoms with E-state index in [9.17, 15) is 116 Å². The molecule has 7 rings (SSSR count). The fourth-order valence-electron chi connectivity index (χ4n) is 15.9. The van der Waals surface area contributed by atoms with Crippen LogP contribution in [-0.2, 0) is 109 Å². The van der Waals surface area contributed by atoms with Gasteiger partial charge in [0.05, 0.1) is 51.9 Å². The zero-order valence-electron chi connectivity index (χ0n) is 74.1. The van der Waals surface area contributed by atoms with Crippen LogP contribution in [0.1, 0.15) is 148 Å². The number of aliphatic carboxylic acids is 1. The van der Waals surface area contributed by atoms with Crippen LogP contribution in [-0.4, -0.2) is 326 Å². The fraction of sp³-hybridized carbons (Fsp3) is 0.600. The van der Waals surface area contributed by atoms with Crippen molar-refractivity contribution in [1.29, 1.82) is 0 Å². The average Bonchev–Trinajstić information content (AvgIpc) is 1.65. The number of hydrogen-bond donors (Lipinski definition) is 22. The molecule has 26 N–H and O–H groups in total. The van der Waals surface area contributed by atoms with Crippen molar-refractivity contribution in [1.82, 2.24) is 93.7 Å². The van der Waals surface area contributed by atoms with Crippen LogP contribution in [0.25, 0.3) is 10.9 Å². The molecule has 4 aliphatic heterocycles. The first-order chi connectivity index (χ1) is 62.3. The van der Waals surface area contributed by atoms with Crippen molar-refractivity contribution in [3.63, 3.8) is 0 Å². The van der Waals surface area contributed by atoms with E-state index in [0.717, 1.165) is 10.5 Å². The standard InChI is InChI=1S/C85H126N22O24/c1-6-46(4)70(103-72(118)51(87)35-48-18-8-7-9-19-48)82(128)96-54(27-28-69(115)116)76(122)98-56(36-49-38-90-52-21-11-10-20-50(49)52)78(124)97-55(34-45(2)3)77(123)95-53(22-12-13-29-86)75(121)99-57(37-65(88)111)73(119)92-39-66(112)91-41-68(114)104-30-14-23-61(104)80(126)102-60(44-110)79(125)101-59(43-109)74(120)93-40-67(113)94-47(5)83(129)106-32-16-25-63(106)85(131)107-33-17-26-64(107)84(130)105-31-15-24-62(105)81(127)100-58(42-108)71(89)117/h7-11,18-21,38,45-47,51,53-64,70,90,108-110H,6,12-17,22-37,39-44,86-87H2,1-5H3,(H2,88,111)(H2,89,117)(H,91,112)(H,92,119)(H,93,120)(H,94,113)(H,95,123)(H,96,128)(H,97,124)(H,98,122)(H,99,121)(H,100,127)(H,101,125)(H,102,126)(H,103,118)(H,115,116)/t46-,47-,51-,53-,54-,55-,56-,57-,58-,59-,60-,61-,62-,63-,64-,70-/m0/s1. The second kappa shape index (κ2) is 51.5. The van der Waals surface area contributed by atoms with E-state index in [1.165, 1.54) is 21.6 Å². The largest absolute Gasteiger partial charge is 0.481 e. The highest BCUT2D eigenvalue weighted by Gasteiger charge is 2.48. The van der Waals surface area contributed by atoms with E-state index in [1.807, 2.05) is 0 Å². The van der Waals surface area contributed by atoms with Gasteiger partial charge in [0.1, 0.15) is 84.6 Å². The molecule has 4 aliphatic rings. The number of para-hydroxylation sites is 1. The molecule has 46 heteroatoms. The Morgan fingerprint density at radius 2 is 0.954 bits per heavy atom. The molecule has 4 saturated heterocycles. The van der Waals surface area contributed by atoms with Crippen LogP contribution in [0.15, 0.2) is 60.8 Å². The minimum Gasteiger partial charge on any atom is -0.481 e. The summed E-state index contributed by atoms with van der Waals surface area (Å²) in [6, 6.07) is -4.93. The number of unbranched alkanes of at least 4 members (excludes halogenated alkanes) is 1. The lowest BCUT2D eigenvalue weighted by molar-refractivity contribution is -0.151. The Balaban J connectivity index is 0.904. The summed E-state index contributed by atoms with van der Waals surface area (Å²) in [5.41, 5.74) is 24.8. The lowest BCUT2D eigenvalue weighted by Gasteiger charge is -2.34. The Hall–Kier alpha value is -12.8. The molecule has 0 aliphatic carbocycles. The van der Waals surface area contributed by atoms with Gasteiger partial charge >= 0.3 is 5.97 Å². The number of amides is 19. The lowest BCUT2D eigenvalue weighted by Crippen LogP contribution is -2.61. The van der Waals surface area contributed by atoms with Gasteiger partial charge in [-0.2, -0.15) is 0 Å². The van der Waals surface area contributed by atoms with E-state index in [0.29, 0.717) is 48.6 Å². The number of carbonyl (C=O) groups is 20. The molecule has 0 radical (unpaired) electrons. The molecule has 720 valence electrons. The van der Waals surface area contributed by atoms with Gasteiger partial charge in [-0.05, 0) is 132 Å². The Bertz CT molecular complexity index is 4570. The first-order valence-electron chi connectivity index (χ1n) is 44.1. The molecule has 5 heterocycles. The zero-order chi connectivity index (χ0) is 96.5. The smallest absolute Gasteiger partial charge is 0.303 e. The molecule has 1 aromatic heterocycles. The maximum atomic E-state index is 14.9. The number of rotatable bonds is 51. The summed E-state index contributed by atoms with van der Waals surface area (Å²) in [6.07, 6.45) is 2.43. The molecule has 0 bridgehead atoms. The zero-order valence-corrected chi connectivity index (χ0v) is 74.1. The van der Waals surface area contributed by atoms with Gasteiger partial charge in [0.2, 0.25) is 112 Å². The number of hydrogen-bond acceptors (Lipinski definition) is 25. The minimum absolute atomic E-state index is 0.0195. The predicted octanol–water partition coefficient (Wildman–Crippen LogP) is -8.12. The third kappa shape index (κ3) is 30.9. The van der Waals surface area contributed by atoms with Crippen molar-refractivity contribution in [2.24, 2.45) is 34.8 Å². The highest BCUT2D eigenvalue weighted by Crippen LogP contribution is 2.30. The first kappa shape index (κ1) is 105. The number of likely N-dealkylation sites (tertiary alicyclic amines) is 4. The van der Waals surface area contributed by atoms with Gasteiger partial charge in [-0.15, -0.1) is 0 Å². The van der Waals surface area contributed by atoms with Gasteiger partial charge in [-0.1, -0.05) is 82.6 Å². The van der Waals surface area contributed by atoms with Crippen molar-refractivity contribution >= 4 is 129 Å². The molecule has 16 atom stereocenters. The van der Waals surface area contributed by atoms with E-state index >= 15 is 0 Å². The normalized spacial score (nSPS) is 18.6. The van der Waals surface area contributed by atoms with Crippen LogP contribution in [0.3, 0.4) is 0 Å². The Labute approximate surface area is 755 Å². The van der Waals surface area contributed by atoms with Crippen LogP contribution in [0.5, 0.6) is 0 Å². The summed E-state index contributed by atoms with van der Waals surface area (Å²) in [5, 5.41) is 72.1. The number of nitrogens with two attached hydrogens (primary N) is 4. The molecule has 3 aromatic rings. The number of carboxylic acids is 1. The number of carbonyl (C=O) groups excluding carboxylic acids is 19. The van der Waals surface area contributed by atoms with E-state index in [4.69, 9.17) is 22.9 Å². The summed E-state index contributed by atoms with van der Waals surface area (Å²) >= 11 is 0. The number of aliphatic hydroxyl groups excluding tert-OH is 3. The molecule has 131 heavy (non-hydrogen) atoms. The monoisotopic (exact) mass is 1840 g/mol. The van der Waals surface area contributed by atoms with E-state index in [-0.39, 0.29) is 103 Å². The van der Waals surface area contributed by atoms with Gasteiger partial charge in [-0.3, -0.25) is 95.9 Å². The van der Waals surface area contributed by atoms with Gasteiger partial charge < -0.3 is 137 Å². The maximum Gasteiger partial charge on any atom is 0.303 e. The second-order valence-corrected chi connectivity index (χ2v) is 33.5. The van der Waals surface area contributed by atoms with Crippen LogP contribution < -0.4 is 92.1 Å². The highest BCUT2D eigenvalue weighted by atomic mass is 16.4. The minimum atomic E-state index is -1.80. The van der Waals surface area contributed by atoms with Gasteiger partial charge in [0.25, 0.3) is 0 Å². The Morgan fingerprint density at radius 1 is 0.473 bits per heavy atom. The van der Waals surface area contributed by atoms with Gasteiger partial charge in [0, 0.05) is 56.1 Å². The van der Waals surface area contributed by atoms with Crippen LogP contribution >= 0.6 is 0 Å². The third-order valence-electron chi connectivity index (χ3n) is 23.3. The third-order valence-corrected chi connectivity index (χ3v) is 23.3. The predicted molar refractivity (Wildman–Crippen MR) is 466 cm³/mol. The number of benzene rings is 2. The summed E-state index contributed by atoms with van der Waals surface area (Å²) in [6.45, 7) is 3.44. The number of aromatic nitrogens is 1. The number of nitrogens with zero attached hydrogens (tertiary/aromatic N) is 4. The molecule has 0 unspecified atom stereocenters. The SMILES string of the molecule is CC[C@H](C)[C@H](NC(=O)[C@@H](N)Cc1ccccc1)C(=O)N[C@@H](CCC(=O)O)C(=O)N[C@@H](Cc1c[nH]c2ccccc12)C(=O)N[C@@H](CC(C)C)C(=O)N[C@@H](CCCCN)C(=O)N[C@@H](CC(N)=O)C(=O)NCC(=O)NCC(=O)N1CCC[C@H]1C(=O)N[C@@H](CO)C(=O)N[C@@H](CO)C(=O)NCC(=O)N[C@@H](C)C(=O)N1CCC[C@H]1C(=O)N1CCC[C@H]1C(=O)N1CCC[C@H]1C(=O)N[C@@H](CO)C(N)=O. The van der Waals surface area contributed by atoms with Crippen molar-refractivity contribution in [3.8, 4) is 0 Å². The molecule has 2 aromatic carbocycles. The molecule has 4 fully saturated rings. The van der Waals surface area contributed by atoms with Crippen LogP contribution in [0.2, 0.25) is 0 Å².